The van der Waals surface area contributed by atoms with Gasteiger partial charge in [-0.15, -0.1) is 0 Å². The Morgan fingerprint density at radius 2 is 1.83 bits per heavy atom. The summed E-state index contributed by atoms with van der Waals surface area (Å²) in [5, 5.41) is 7.35. The number of urea groups is 1. The molecule has 2 amide bonds. The molecular formula is C17H26N4O2. The molecule has 2 heterocycles. The van der Waals surface area contributed by atoms with Gasteiger partial charge in [0.25, 0.3) is 0 Å². The molecule has 1 aromatic heterocycles. The van der Waals surface area contributed by atoms with Crippen molar-refractivity contribution in [1.82, 2.24) is 20.4 Å². The van der Waals surface area contributed by atoms with Crippen molar-refractivity contribution in [3.8, 4) is 0 Å². The van der Waals surface area contributed by atoms with E-state index >= 15 is 0 Å². The highest BCUT2D eigenvalue weighted by Crippen LogP contribution is 2.39. The van der Waals surface area contributed by atoms with E-state index in [0.717, 1.165) is 63.7 Å². The zero-order valence-corrected chi connectivity index (χ0v) is 13.7. The molecule has 6 nitrogen and oxygen atoms in total. The van der Waals surface area contributed by atoms with E-state index in [4.69, 9.17) is 4.52 Å². The number of aromatic nitrogens is 2. The van der Waals surface area contributed by atoms with Gasteiger partial charge in [-0.25, -0.2) is 4.79 Å². The summed E-state index contributed by atoms with van der Waals surface area (Å²) in [6, 6.07) is 0.338. The quantitative estimate of drug-likeness (QED) is 0.925. The summed E-state index contributed by atoms with van der Waals surface area (Å²) >= 11 is 0. The Morgan fingerprint density at radius 3 is 2.61 bits per heavy atom. The minimum Gasteiger partial charge on any atom is -0.337 e. The van der Waals surface area contributed by atoms with Gasteiger partial charge in [0.15, 0.2) is 5.82 Å². The Bertz CT molecular complexity index is 549. The van der Waals surface area contributed by atoms with Crippen LogP contribution in [-0.4, -0.2) is 33.7 Å². The van der Waals surface area contributed by atoms with E-state index in [0.29, 0.717) is 17.9 Å². The van der Waals surface area contributed by atoms with Gasteiger partial charge in [-0.1, -0.05) is 30.8 Å². The van der Waals surface area contributed by atoms with Gasteiger partial charge in [-0.2, -0.15) is 4.98 Å². The normalized spacial score (nSPS) is 26.3. The average molecular weight is 318 g/mol. The molecule has 1 atom stereocenters. The molecule has 0 radical (unpaired) electrons. The highest BCUT2D eigenvalue weighted by atomic mass is 16.5. The standard InChI is InChI=1S/C17H26N4O2/c22-17(18-13-6-3-4-7-13)21-11-5-1-2-8-14(21)16-19-15(20-23-16)12-9-10-12/h12-14H,1-11H2,(H,18,22). The molecule has 126 valence electrons. The number of rotatable bonds is 3. The van der Waals surface area contributed by atoms with Crippen molar-refractivity contribution in [2.75, 3.05) is 6.54 Å². The van der Waals surface area contributed by atoms with Crippen LogP contribution in [0.3, 0.4) is 0 Å². The van der Waals surface area contributed by atoms with Crippen LogP contribution < -0.4 is 5.32 Å². The lowest BCUT2D eigenvalue weighted by Gasteiger charge is -2.29. The molecule has 1 aliphatic heterocycles. The van der Waals surface area contributed by atoms with Crippen molar-refractivity contribution >= 4 is 6.03 Å². The predicted octanol–water partition coefficient (Wildman–Crippen LogP) is 3.52. The van der Waals surface area contributed by atoms with Crippen LogP contribution in [0.4, 0.5) is 4.79 Å². The Balaban J connectivity index is 1.49. The third kappa shape index (κ3) is 3.35. The largest absolute Gasteiger partial charge is 0.337 e. The Kier molecular flexibility index (Phi) is 4.23. The molecule has 0 bridgehead atoms. The van der Waals surface area contributed by atoms with E-state index in [9.17, 15) is 4.79 Å². The number of carbonyl (C=O) groups is 1. The van der Waals surface area contributed by atoms with Crippen LogP contribution in [0, 0.1) is 0 Å². The topological polar surface area (TPSA) is 71.3 Å². The Hall–Kier alpha value is -1.59. The van der Waals surface area contributed by atoms with Crippen LogP contribution >= 0.6 is 0 Å². The van der Waals surface area contributed by atoms with Gasteiger partial charge in [0.1, 0.15) is 6.04 Å². The van der Waals surface area contributed by atoms with Crippen molar-refractivity contribution < 1.29 is 9.32 Å². The van der Waals surface area contributed by atoms with Gasteiger partial charge in [-0.3, -0.25) is 0 Å². The van der Waals surface area contributed by atoms with Crippen molar-refractivity contribution in [2.24, 2.45) is 0 Å². The second-order valence-corrected chi connectivity index (χ2v) is 7.25. The molecule has 23 heavy (non-hydrogen) atoms. The fourth-order valence-electron chi connectivity index (χ4n) is 3.83. The van der Waals surface area contributed by atoms with E-state index < -0.39 is 0 Å². The molecule has 1 N–H and O–H groups in total. The molecule has 0 aromatic carbocycles. The number of nitrogens with zero attached hydrogens (tertiary/aromatic N) is 3. The molecule has 6 heteroatoms. The minimum absolute atomic E-state index is 0.0509. The smallest absolute Gasteiger partial charge is 0.318 e. The first kappa shape index (κ1) is 15.0. The summed E-state index contributed by atoms with van der Waals surface area (Å²) in [5.74, 6) is 1.95. The van der Waals surface area contributed by atoms with Crippen LogP contribution in [0.15, 0.2) is 4.52 Å². The molecule has 2 saturated carbocycles. The summed E-state index contributed by atoms with van der Waals surface area (Å²) < 4.78 is 5.53. The first-order chi connectivity index (χ1) is 11.3. The predicted molar refractivity (Wildman–Crippen MR) is 85.0 cm³/mol. The number of amides is 2. The number of nitrogens with one attached hydrogen (secondary N) is 1. The number of likely N-dealkylation sites (tertiary alicyclic amines) is 1. The van der Waals surface area contributed by atoms with Gasteiger partial charge >= 0.3 is 6.03 Å². The summed E-state index contributed by atoms with van der Waals surface area (Å²) in [4.78, 5) is 19.3. The van der Waals surface area contributed by atoms with E-state index in [1.54, 1.807) is 0 Å². The van der Waals surface area contributed by atoms with Gasteiger partial charge in [0, 0.05) is 18.5 Å². The SMILES string of the molecule is O=C(NC1CCCC1)N1CCCCCC1c1nc(C2CC2)no1. The molecule has 1 unspecified atom stereocenters. The molecule has 3 fully saturated rings. The average Bonchev–Trinajstić information content (AvgIpc) is 3.17. The maximum absolute atomic E-state index is 12.8. The van der Waals surface area contributed by atoms with Crippen LogP contribution in [0.5, 0.6) is 0 Å². The highest BCUT2D eigenvalue weighted by Gasteiger charge is 2.35. The Labute approximate surface area is 137 Å². The van der Waals surface area contributed by atoms with Crippen LogP contribution in [0.2, 0.25) is 0 Å². The zero-order chi connectivity index (χ0) is 15.6. The van der Waals surface area contributed by atoms with Gasteiger partial charge in [0.05, 0.1) is 0 Å². The molecule has 3 aliphatic rings. The number of hydrogen-bond acceptors (Lipinski definition) is 4. The fourth-order valence-corrected chi connectivity index (χ4v) is 3.83. The summed E-state index contributed by atoms with van der Waals surface area (Å²) in [7, 11) is 0. The second kappa shape index (κ2) is 6.49. The minimum atomic E-state index is -0.0566. The highest BCUT2D eigenvalue weighted by molar-refractivity contribution is 5.75. The lowest BCUT2D eigenvalue weighted by molar-refractivity contribution is 0.156. The van der Waals surface area contributed by atoms with Crippen LogP contribution in [0.25, 0.3) is 0 Å². The third-order valence-electron chi connectivity index (χ3n) is 5.38. The zero-order valence-electron chi connectivity index (χ0n) is 13.7. The van der Waals surface area contributed by atoms with E-state index in [2.05, 4.69) is 15.5 Å². The fraction of sp³-hybridized carbons (Fsp3) is 0.824. The molecule has 1 aromatic rings. The lowest BCUT2D eigenvalue weighted by atomic mass is 10.1. The molecule has 1 saturated heterocycles. The second-order valence-electron chi connectivity index (χ2n) is 7.25. The van der Waals surface area contributed by atoms with E-state index in [-0.39, 0.29) is 12.1 Å². The lowest BCUT2D eigenvalue weighted by Crippen LogP contribution is -2.45. The summed E-state index contributed by atoms with van der Waals surface area (Å²) in [6.07, 6.45) is 11.2. The molecule has 0 spiro atoms. The maximum Gasteiger partial charge on any atom is 0.318 e. The van der Waals surface area contributed by atoms with Crippen molar-refractivity contribution in [3.05, 3.63) is 11.7 Å². The third-order valence-corrected chi connectivity index (χ3v) is 5.38. The summed E-state index contributed by atoms with van der Waals surface area (Å²) in [6.45, 7) is 0.782. The number of carbonyl (C=O) groups excluding carboxylic acids is 1. The van der Waals surface area contributed by atoms with Crippen LogP contribution in [0.1, 0.15) is 87.9 Å². The first-order valence-electron chi connectivity index (χ1n) is 9.22. The number of hydrogen-bond donors (Lipinski definition) is 1. The first-order valence-corrected chi connectivity index (χ1v) is 9.22. The van der Waals surface area contributed by atoms with Crippen LogP contribution in [-0.2, 0) is 0 Å². The van der Waals surface area contributed by atoms with Gasteiger partial charge < -0.3 is 14.7 Å². The maximum atomic E-state index is 12.8. The van der Waals surface area contributed by atoms with Crippen molar-refractivity contribution in [1.29, 1.82) is 0 Å². The van der Waals surface area contributed by atoms with E-state index in [1.807, 2.05) is 4.90 Å². The monoisotopic (exact) mass is 318 g/mol. The Morgan fingerprint density at radius 1 is 1.04 bits per heavy atom. The van der Waals surface area contributed by atoms with Gasteiger partial charge in [0.2, 0.25) is 5.89 Å². The van der Waals surface area contributed by atoms with Crippen molar-refractivity contribution in [3.63, 3.8) is 0 Å². The molecular weight excluding hydrogens is 292 g/mol. The molecule has 2 aliphatic carbocycles. The molecule has 4 rings (SSSR count). The van der Waals surface area contributed by atoms with E-state index in [1.165, 1.54) is 12.8 Å². The van der Waals surface area contributed by atoms with Gasteiger partial charge in [-0.05, 0) is 38.5 Å². The summed E-state index contributed by atoms with van der Waals surface area (Å²) in [5.41, 5.74) is 0. The van der Waals surface area contributed by atoms with Crippen molar-refractivity contribution in [2.45, 2.75) is 82.2 Å².